The molecule has 1 saturated heterocycles. The molecule has 1 aromatic heterocycles. The Labute approximate surface area is 360 Å². The van der Waals surface area contributed by atoms with E-state index in [0.717, 1.165) is 25.7 Å². The molecule has 0 radical (unpaired) electrons. The number of ether oxygens (including phenoxy) is 2. The first-order valence-corrected chi connectivity index (χ1v) is 26.5. The van der Waals surface area contributed by atoms with Crippen molar-refractivity contribution in [1.82, 2.24) is 14.5 Å². The van der Waals surface area contributed by atoms with Gasteiger partial charge in [-0.05, 0) is 12.8 Å². The monoisotopic (exact) mass is 853 g/mol. The molecule has 1 aliphatic heterocycles. The summed E-state index contributed by atoms with van der Waals surface area (Å²) in [5.74, 6) is -0.187. The maximum Gasteiger partial charge on any atom is 0.356 e. The molecular weight excluding hydrogens is 764 g/mol. The second kappa shape index (κ2) is 38.1. The Morgan fingerprint density at radius 1 is 0.661 bits per heavy atom. The molecule has 12 heteroatoms. The standard InChI is InChI=1S/C47H89N4O7P/c1-3-5-7-9-11-13-15-17-19-20-21-22-23-24-26-28-30-32-34-36-45(52)49-46-48-42-51(47(53)50-46)40-44-41-58-59(54,43-56-44)57-39-38-55-37-35-33-31-29-27-25-18-16-14-12-10-8-6-4-2/h42,44H,3-41,43H2,1-2H3,(H,49,50,52,53)/t44-,59?/m0/s1. The molecule has 1 unspecified atom stereocenters. The van der Waals surface area contributed by atoms with Crippen molar-refractivity contribution in [2.75, 3.05) is 38.1 Å². The van der Waals surface area contributed by atoms with E-state index < -0.39 is 19.4 Å². The number of carbonyl (C=O) groups is 1. The first-order valence-electron chi connectivity index (χ1n) is 24.8. The third-order valence-corrected chi connectivity index (χ3v) is 13.1. The molecule has 2 rings (SSSR count). The van der Waals surface area contributed by atoms with Crippen molar-refractivity contribution in [3.8, 4) is 0 Å². The number of nitrogens with zero attached hydrogens (tertiary/aromatic N) is 3. The van der Waals surface area contributed by atoms with Crippen molar-refractivity contribution >= 4 is 19.5 Å². The van der Waals surface area contributed by atoms with Crippen LogP contribution in [0.25, 0.3) is 0 Å². The van der Waals surface area contributed by atoms with Crippen LogP contribution in [0.4, 0.5) is 5.95 Å². The minimum atomic E-state index is -3.38. The fourth-order valence-electron chi connectivity index (χ4n) is 7.71. The van der Waals surface area contributed by atoms with Gasteiger partial charge >= 0.3 is 13.3 Å². The van der Waals surface area contributed by atoms with Crippen molar-refractivity contribution in [2.24, 2.45) is 0 Å². The maximum atomic E-state index is 12.9. The Kier molecular flexibility index (Phi) is 34.5. The van der Waals surface area contributed by atoms with Gasteiger partial charge in [0.1, 0.15) is 18.8 Å². The van der Waals surface area contributed by atoms with E-state index in [2.05, 4.69) is 29.1 Å². The third-order valence-electron chi connectivity index (χ3n) is 11.5. The lowest BCUT2D eigenvalue weighted by molar-refractivity contribution is -0.116. The van der Waals surface area contributed by atoms with Gasteiger partial charge in [-0.25, -0.2) is 9.78 Å². The van der Waals surface area contributed by atoms with Crippen LogP contribution < -0.4 is 11.0 Å². The SMILES string of the molecule is CCCCCCCCCCCCCCCCCCCCCC(=O)Nc1ncn(C[C@H]2COP(=O)(OCCOCCCCCCCCCCCCCCCC)CO2)c(=O)n1. The van der Waals surface area contributed by atoms with Crippen LogP contribution in [-0.4, -0.2) is 59.3 Å². The molecule has 0 spiro atoms. The summed E-state index contributed by atoms with van der Waals surface area (Å²) in [6.45, 7) is 5.89. The van der Waals surface area contributed by atoms with E-state index in [9.17, 15) is 14.2 Å². The molecular formula is C47H89N4O7P. The Hall–Kier alpha value is -1.65. The second-order valence-corrected chi connectivity index (χ2v) is 19.1. The predicted molar refractivity (Wildman–Crippen MR) is 243 cm³/mol. The van der Waals surface area contributed by atoms with E-state index in [0.29, 0.717) is 19.6 Å². The fourth-order valence-corrected chi connectivity index (χ4v) is 9.07. The van der Waals surface area contributed by atoms with Gasteiger partial charge in [0.15, 0.2) is 0 Å². The second-order valence-electron chi connectivity index (χ2n) is 17.1. The minimum absolute atomic E-state index is 0.000618. The van der Waals surface area contributed by atoms with E-state index in [-0.39, 0.29) is 38.0 Å². The van der Waals surface area contributed by atoms with Gasteiger partial charge < -0.3 is 18.5 Å². The predicted octanol–water partition coefficient (Wildman–Crippen LogP) is 13.5. The number of rotatable bonds is 42. The Bertz CT molecular complexity index is 1220. The molecule has 1 N–H and O–H groups in total. The number of aromatic nitrogens is 3. The molecule has 2 heterocycles. The average Bonchev–Trinajstić information content (AvgIpc) is 3.23. The molecule has 1 aromatic rings. The number of nitrogens with one attached hydrogen (secondary N) is 1. The zero-order valence-electron chi connectivity index (χ0n) is 38.1. The molecule has 1 aliphatic rings. The molecule has 1 fully saturated rings. The van der Waals surface area contributed by atoms with E-state index >= 15 is 0 Å². The van der Waals surface area contributed by atoms with Crippen LogP contribution in [0, 0.1) is 0 Å². The lowest BCUT2D eigenvalue weighted by Crippen LogP contribution is -2.35. The van der Waals surface area contributed by atoms with Crippen LogP contribution >= 0.6 is 7.60 Å². The summed E-state index contributed by atoms with van der Waals surface area (Å²) < 4.78 is 36.7. The van der Waals surface area contributed by atoms with E-state index in [1.807, 2.05) is 0 Å². The zero-order valence-corrected chi connectivity index (χ0v) is 39.0. The van der Waals surface area contributed by atoms with Crippen LogP contribution in [0.2, 0.25) is 0 Å². The van der Waals surface area contributed by atoms with Crippen LogP contribution in [-0.2, 0) is 34.4 Å². The lowest BCUT2D eigenvalue weighted by Gasteiger charge is -2.29. The zero-order chi connectivity index (χ0) is 42.3. The summed E-state index contributed by atoms with van der Waals surface area (Å²) >= 11 is 0. The van der Waals surface area contributed by atoms with Gasteiger partial charge in [0.05, 0.1) is 26.4 Å². The van der Waals surface area contributed by atoms with Crippen molar-refractivity contribution < 1.29 is 27.9 Å². The van der Waals surface area contributed by atoms with Crippen LogP contribution in [0.15, 0.2) is 11.1 Å². The van der Waals surface area contributed by atoms with Gasteiger partial charge in [-0.3, -0.25) is 19.2 Å². The first-order chi connectivity index (χ1) is 29.0. The summed E-state index contributed by atoms with van der Waals surface area (Å²) in [6.07, 6.45) is 44.4. The first kappa shape index (κ1) is 53.5. The average molecular weight is 853 g/mol. The molecule has 344 valence electrons. The van der Waals surface area contributed by atoms with Crippen molar-refractivity contribution in [1.29, 1.82) is 0 Å². The highest BCUT2D eigenvalue weighted by Crippen LogP contribution is 2.50. The van der Waals surface area contributed by atoms with Gasteiger partial charge in [-0.15, -0.1) is 0 Å². The molecule has 1 amide bonds. The molecule has 2 atom stereocenters. The normalized spacial score (nSPS) is 16.8. The van der Waals surface area contributed by atoms with Gasteiger partial charge in [0, 0.05) is 13.0 Å². The Morgan fingerprint density at radius 3 is 1.53 bits per heavy atom. The maximum absolute atomic E-state index is 12.9. The smallest absolute Gasteiger partial charge is 0.356 e. The highest BCUT2D eigenvalue weighted by molar-refractivity contribution is 7.53. The summed E-state index contributed by atoms with van der Waals surface area (Å²) in [5, 5.41) is 2.65. The van der Waals surface area contributed by atoms with Gasteiger partial charge in [0.2, 0.25) is 11.9 Å². The lowest BCUT2D eigenvalue weighted by atomic mass is 10.0. The van der Waals surface area contributed by atoms with E-state index in [4.69, 9.17) is 18.5 Å². The molecule has 59 heavy (non-hydrogen) atoms. The number of hydrogen-bond acceptors (Lipinski definition) is 9. The van der Waals surface area contributed by atoms with Crippen molar-refractivity contribution in [3.05, 3.63) is 16.8 Å². The van der Waals surface area contributed by atoms with Crippen molar-refractivity contribution in [2.45, 2.75) is 245 Å². The van der Waals surface area contributed by atoms with Crippen LogP contribution in [0.5, 0.6) is 0 Å². The van der Waals surface area contributed by atoms with Crippen molar-refractivity contribution in [3.63, 3.8) is 0 Å². The van der Waals surface area contributed by atoms with Crippen LogP contribution in [0.1, 0.15) is 232 Å². The third kappa shape index (κ3) is 30.9. The summed E-state index contributed by atoms with van der Waals surface area (Å²) in [4.78, 5) is 33.1. The molecule has 11 nitrogen and oxygen atoms in total. The van der Waals surface area contributed by atoms with Gasteiger partial charge in [-0.2, -0.15) is 4.98 Å². The number of anilines is 1. The summed E-state index contributed by atoms with van der Waals surface area (Å²) in [7, 11) is -3.38. The number of unbranched alkanes of at least 4 members (excludes halogenated alkanes) is 31. The molecule has 0 aliphatic carbocycles. The topological polar surface area (TPSA) is 131 Å². The summed E-state index contributed by atoms with van der Waals surface area (Å²) in [5.41, 5.74) is -0.552. The number of amides is 1. The molecule has 0 bridgehead atoms. The highest BCUT2D eigenvalue weighted by Gasteiger charge is 2.33. The van der Waals surface area contributed by atoms with E-state index in [1.54, 1.807) is 0 Å². The summed E-state index contributed by atoms with van der Waals surface area (Å²) in [6, 6.07) is 0. The number of hydrogen-bond donors (Lipinski definition) is 1. The quantitative estimate of drug-likeness (QED) is 0.0504. The minimum Gasteiger partial charge on any atom is -0.379 e. The van der Waals surface area contributed by atoms with E-state index in [1.165, 1.54) is 197 Å². The van der Waals surface area contributed by atoms with Crippen LogP contribution in [0.3, 0.4) is 0 Å². The van der Waals surface area contributed by atoms with Gasteiger partial charge in [0.25, 0.3) is 0 Å². The Morgan fingerprint density at radius 2 is 1.10 bits per heavy atom. The molecule has 0 aromatic carbocycles. The number of carbonyl (C=O) groups excluding carboxylic acids is 1. The van der Waals surface area contributed by atoms with Gasteiger partial charge in [-0.1, -0.05) is 213 Å². The largest absolute Gasteiger partial charge is 0.379 e. The fraction of sp³-hybridized carbons (Fsp3) is 0.915. The Balaban J connectivity index is 1.39. The highest BCUT2D eigenvalue weighted by atomic mass is 31.2. The molecule has 0 saturated carbocycles.